The van der Waals surface area contributed by atoms with Crippen LogP contribution in [0.5, 0.6) is 0 Å². The fourth-order valence-electron chi connectivity index (χ4n) is 2.62. The zero-order valence-corrected chi connectivity index (χ0v) is 13.7. The Kier molecular flexibility index (Phi) is 3.47. The summed E-state index contributed by atoms with van der Waals surface area (Å²) in [6.07, 6.45) is 0. The molecule has 0 amide bonds. The molecule has 0 bridgehead atoms. The summed E-state index contributed by atoms with van der Waals surface area (Å²) in [6.45, 7) is 14.7. The number of nitrogens with two attached hydrogens (primary N) is 1. The van der Waals surface area contributed by atoms with E-state index in [-0.39, 0.29) is 23.7 Å². The minimum absolute atomic E-state index is 0.0513. The Morgan fingerprint density at radius 3 is 1.95 bits per heavy atom. The molecule has 0 atom stereocenters. The van der Waals surface area contributed by atoms with Crippen LogP contribution in [0.3, 0.4) is 0 Å². The van der Waals surface area contributed by atoms with Gasteiger partial charge < -0.3 is 15.0 Å². The Balaban J connectivity index is 2.49. The van der Waals surface area contributed by atoms with Crippen molar-refractivity contribution in [3.63, 3.8) is 0 Å². The summed E-state index contributed by atoms with van der Waals surface area (Å²) in [5.41, 5.74) is 8.42. The van der Waals surface area contributed by atoms with Crippen LogP contribution in [-0.4, -0.2) is 18.3 Å². The van der Waals surface area contributed by atoms with Gasteiger partial charge in [-0.05, 0) is 50.2 Å². The van der Waals surface area contributed by atoms with Crippen molar-refractivity contribution in [3.8, 4) is 0 Å². The lowest BCUT2D eigenvalue weighted by Gasteiger charge is -2.32. The van der Waals surface area contributed by atoms with E-state index in [0.717, 1.165) is 16.7 Å². The van der Waals surface area contributed by atoms with Gasteiger partial charge >= 0.3 is 7.12 Å². The van der Waals surface area contributed by atoms with Crippen LogP contribution in [0.15, 0.2) is 18.2 Å². The molecule has 1 aromatic rings. The van der Waals surface area contributed by atoms with Crippen LogP contribution in [0.1, 0.15) is 54.0 Å². The van der Waals surface area contributed by atoms with Crippen molar-refractivity contribution < 1.29 is 9.31 Å². The van der Waals surface area contributed by atoms with Gasteiger partial charge in [-0.1, -0.05) is 32.9 Å². The highest BCUT2D eigenvalue weighted by Gasteiger charge is 2.52. The van der Waals surface area contributed by atoms with Crippen molar-refractivity contribution in [2.75, 3.05) is 5.73 Å². The van der Waals surface area contributed by atoms with Crippen LogP contribution < -0.4 is 11.2 Å². The fraction of sp³-hybridized carbons (Fsp3) is 0.625. The molecule has 1 heterocycles. The lowest BCUT2D eigenvalue weighted by molar-refractivity contribution is 0.00578. The van der Waals surface area contributed by atoms with Crippen LogP contribution in [-0.2, 0) is 14.7 Å². The predicted octanol–water partition coefficient (Wildman–Crippen LogP) is 2.87. The van der Waals surface area contributed by atoms with Crippen molar-refractivity contribution in [3.05, 3.63) is 23.8 Å². The molecule has 20 heavy (non-hydrogen) atoms. The number of hydrogen-bond donors (Lipinski definition) is 1. The van der Waals surface area contributed by atoms with Crippen molar-refractivity contribution in [1.82, 2.24) is 0 Å². The highest BCUT2D eigenvalue weighted by molar-refractivity contribution is 6.63. The first-order valence-electron chi connectivity index (χ1n) is 7.20. The van der Waals surface area contributed by atoms with E-state index in [9.17, 15) is 0 Å². The highest BCUT2D eigenvalue weighted by Crippen LogP contribution is 2.38. The van der Waals surface area contributed by atoms with Gasteiger partial charge in [-0.3, -0.25) is 0 Å². The second-order valence-corrected chi connectivity index (χ2v) is 7.65. The molecule has 110 valence electrons. The first-order chi connectivity index (χ1) is 8.96. The van der Waals surface area contributed by atoms with Crippen molar-refractivity contribution in [2.24, 2.45) is 0 Å². The summed E-state index contributed by atoms with van der Waals surface area (Å²) >= 11 is 0. The lowest BCUT2D eigenvalue weighted by Crippen LogP contribution is -2.41. The molecule has 1 fully saturated rings. The first-order valence-corrected chi connectivity index (χ1v) is 7.20. The minimum atomic E-state index is -0.363. The Bertz CT molecular complexity index is 502. The number of hydrogen-bond acceptors (Lipinski definition) is 3. The number of anilines is 1. The summed E-state index contributed by atoms with van der Waals surface area (Å²) < 4.78 is 12.3. The van der Waals surface area contributed by atoms with E-state index in [0.29, 0.717) is 0 Å². The molecule has 2 rings (SSSR count). The molecule has 0 saturated carbocycles. The molecule has 1 aliphatic heterocycles. The molecule has 2 N–H and O–H groups in total. The average molecular weight is 275 g/mol. The summed E-state index contributed by atoms with van der Waals surface area (Å²) in [7, 11) is -0.363. The molecular weight excluding hydrogens is 249 g/mol. The Morgan fingerprint density at radius 2 is 1.50 bits per heavy atom. The van der Waals surface area contributed by atoms with Crippen LogP contribution in [0.2, 0.25) is 0 Å². The monoisotopic (exact) mass is 275 g/mol. The molecule has 0 spiro atoms. The van der Waals surface area contributed by atoms with E-state index >= 15 is 0 Å². The first kappa shape index (κ1) is 15.4. The maximum Gasteiger partial charge on any atom is 0.495 e. The normalized spacial score (nSPS) is 21.2. The van der Waals surface area contributed by atoms with Crippen LogP contribution >= 0.6 is 0 Å². The quantitative estimate of drug-likeness (QED) is 0.633. The maximum atomic E-state index is 6.20. The molecule has 0 radical (unpaired) electrons. The lowest BCUT2D eigenvalue weighted by atomic mass is 9.69. The van der Waals surface area contributed by atoms with Crippen molar-refractivity contribution in [2.45, 2.75) is 65.1 Å². The topological polar surface area (TPSA) is 44.5 Å². The SMILES string of the molecule is CC(C)(C)c1c(N)cccc1B1OC(C)(C)C(C)(C)O1. The van der Waals surface area contributed by atoms with Gasteiger partial charge in [0, 0.05) is 5.69 Å². The third-order valence-corrected chi connectivity index (χ3v) is 4.39. The van der Waals surface area contributed by atoms with Gasteiger partial charge in [-0.15, -0.1) is 0 Å². The minimum Gasteiger partial charge on any atom is -0.399 e. The molecule has 1 saturated heterocycles. The molecular formula is C16H26BNO2. The predicted molar refractivity (Wildman–Crippen MR) is 85.3 cm³/mol. The summed E-state index contributed by atoms with van der Waals surface area (Å²) in [4.78, 5) is 0. The van der Waals surface area contributed by atoms with Gasteiger partial charge in [0.05, 0.1) is 11.2 Å². The second-order valence-electron chi connectivity index (χ2n) is 7.65. The largest absolute Gasteiger partial charge is 0.495 e. The van der Waals surface area contributed by atoms with Crippen LogP contribution in [0, 0.1) is 0 Å². The summed E-state index contributed by atoms with van der Waals surface area (Å²) in [5, 5.41) is 0. The van der Waals surface area contributed by atoms with Gasteiger partial charge in [-0.2, -0.15) is 0 Å². The maximum absolute atomic E-state index is 6.20. The molecule has 0 aliphatic carbocycles. The molecule has 0 aromatic heterocycles. The Morgan fingerprint density at radius 1 is 1.00 bits per heavy atom. The standard InChI is InChI=1S/C16H26BNO2/c1-14(2,3)13-11(9-8-10-12(13)18)17-19-15(4,5)16(6,7)20-17/h8-10H,18H2,1-7H3. The number of rotatable bonds is 1. The molecule has 3 nitrogen and oxygen atoms in total. The number of benzene rings is 1. The van der Waals surface area contributed by atoms with Crippen LogP contribution in [0.4, 0.5) is 5.69 Å². The Hall–Kier alpha value is -0.995. The van der Waals surface area contributed by atoms with Crippen molar-refractivity contribution in [1.29, 1.82) is 0 Å². The van der Waals surface area contributed by atoms with E-state index in [1.165, 1.54) is 0 Å². The van der Waals surface area contributed by atoms with Gasteiger partial charge in [0.2, 0.25) is 0 Å². The fourth-order valence-corrected chi connectivity index (χ4v) is 2.62. The zero-order valence-electron chi connectivity index (χ0n) is 13.7. The molecule has 0 unspecified atom stereocenters. The second kappa shape index (κ2) is 4.50. The summed E-state index contributed by atoms with van der Waals surface area (Å²) in [5.74, 6) is 0. The number of nitrogen functional groups attached to an aromatic ring is 1. The van der Waals surface area contributed by atoms with Gasteiger partial charge in [0.15, 0.2) is 0 Å². The van der Waals surface area contributed by atoms with E-state index in [1.807, 2.05) is 12.1 Å². The van der Waals surface area contributed by atoms with E-state index < -0.39 is 0 Å². The molecule has 4 heteroatoms. The van der Waals surface area contributed by atoms with E-state index in [4.69, 9.17) is 15.0 Å². The van der Waals surface area contributed by atoms with E-state index in [1.54, 1.807) is 0 Å². The third-order valence-electron chi connectivity index (χ3n) is 4.39. The average Bonchev–Trinajstić information content (AvgIpc) is 2.46. The molecule has 1 aliphatic rings. The van der Waals surface area contributed by atoms with E-state index in [2.05, 4.69) is 54.5 Å². The van der Waals surface area contributed by atoms with Crippen LogP contribution in [0.25, 0.3) is 0 Å². The van der Waals surface area contributed by atoms with Gasteiger partial charge in [0.25, 0.3) is 0 Å². The summed E-state index contributed by atoms with van der Waals surface area (Å²) in [6, 6.07) is 5.96. The third kappa shape index (κ3) is 2.47. The highest BCUT2D eigenvalue weighted by atomic mass is 16.7. The van der Waals surface area contributed by atoms with Gasteiger partial charge in [-0.25, -0.2) is 0 Å². The molecule has 1 aromatic carbocycles. The van der Waals surface area contributed by atoms with Gasteiger partial charge in [0.1, 0.15) is 0 Å². The van der Waals surface area contributed by atoms with Crippen molar-refractivity contribution >= 4 is 18.3 Å². The zero-order chi connectivity index (χ0) is 15.3. The smallest absolute Gasteiger partial charge is 0.399 e. The Labute approximate surface area is 123 Å².